The second-order valence-electron chi connectivity index (χ2n) is 2.79. The molecule has 0 saturated carbocycles. The molecule has 0 radical (unpaired) electrons. The van der Waals surface area contributed by atoms with Gasteiger partial charge in [0.15, 0.2) is 0 Å². The number of aromatic nitrogens is 4. The Balaban J connectivity index is 2.58. The third-order valence-electron chi connectivity index (χ3n) is 1.71. The van der Waals surface area contributed by atoms with Gasteiger partial charge in [-0.3, -0.25) is 4.57 Å². The van der Waals surface area contributed by atoms with Gasteiger partial charge in [0.25, 0.3) is 0 Å². The summed E-state index contributed by atoms with van der Waals surface area (Å²) in [5.74, 6) is 1.39. The predicted octanol–water partition coefficient (Wildman–Crippen LogP) is 2.83. The van der Waals surface area contributed by atoms with Crippen LogP contribution in [0, 0.1) is 14.3 Å². The minimum absolute atomic E-state index is 0.442. The molecular weight excluding hydrogens is 441 g/mol. The Morgan fingerprint density at radius 3 is 2.60 bits per heavy atom. The highest BCUT2D eigenvalue weighted by Gasteiger charge is 2.09. The molecule has 0 aromatic carbocycles. The van der Waals surface area contributed by atoms with Gasteiger partial charge in [-0.25, -0.2) is 15.0 Å². The van der Waals surface area contributed by atoms with E-state index in [2.05, 4.69) is 60.1 Å². The molecule has 0 amide bonds. The van der Waals surface area contributed by atoms with E-state index in [1.165, 1.54) is 0 Å². The predicted molar refractivity (Wildman–Crippen MR) is 74.3 cm³/mol. The highest BCUT2D eigenvalue weighted by molar-refractivity contribution is 14.1. The summed E-state index contributed by atoms with van der Waals surface area (Å²) in [4.78, 5) is 12.5. The van der Waals surface area contributed by atoms with Gasteiger partial charge < -0.3 is 0 Å². The zero-order chi connectivity index (χ0) is 11.0. The molecule has 15 heavy (non-hydrogen) atoms. The quantitative estimate of drug-likeness (QED) is 0.500. The Bertz CT molecular complexity index is 491. The van der Waals surface area contributed by atoms with Crippen LogP contribution in [-0.4, -0.2) is 19.5 Å². The van der Waals surface area contributed by atoms with Crippen LogP contribution in [0.4, 0.5) is 0 Å². The molecule has 2 rings (SSSR count). The Hall–Kier alpha value is 0.0400. The maximum absolute atomic E-state index is 5.87. The first-order valence-electron chi connectivity index (χ1n) is 3.98. The first-order valence-corrected chi connectivity index (χ1v) is 6.51. The first kappa shape index (κ1) is 11.5. The fourth-order valence-corrected chi connectivity index (χ4v) is 2.23. The summed E-state index contributed by atoms with van der Waals surface area (Å²) in [7, 11) is 0. The summed E-state index contributed by atoms with van der Waals surface area (Å²) in [5, 5.41) is 0.442. The lowest BCUT2D eigenvalue weighted by atomic mass is 10.5. The molecule has 4 nitrogen and oxygen atoms in total. The molecule has 0 aliphatic rings. The van der Waals surface area contributed by atoms with Crippen molar-refractivity contribution >= 4 is 56.8 Å². The lowest BCUT2D eigenvalue weighted by Gasteiger charge is -2.04. The van der Waals surface area contributed by atoms with E-state index < -0.39 is 0 Å². The molecule has 2 aromatic rings. The average molecular weight is 446 g/mol. The number of hydrogen-bond donors (Lipinski definition) is 0. The van der Waals surface area contributed by atoms with Crippen molar-refractivity contribution in [2.24, 2.45) is 0 Å². The van der Waals surface area contributed by atoms with E-state index in [0.29, 0.717) is 11.0 Å². The number of rotatable bonds is 1. The Morgan fingerprint density at radius 2 is 2.07 bits per heavy atom. The van der Waals surface area contributed by atoms with Crippen LogP contribution < -0.4 is 0 Å². The fourth-order valence-electron chi connectivity index (χ4n) is 1.11. The van der Waals surface area contributed by atoms with Crippen molar-refractivity contribution in [2.45, 2.75) is 6.92 Å². The second-order valence-corrected chi connectivity index (χ2v) is 5.22. The molecule has 2 heterocycles. The largest absolute Gasteiger partial charge is 0.277 e. The molecule has 0 fully saturated rings. The van der Waals surface area contributed by atoms with Gasteiger partial charge in [0, 0.05) is 6.07 Å². The van der Waals surface area contributed by atoms with Gasteiger partial charge in [-0.15, -0.1) is 0 Å². The molecule has 0 spiro atoms. The van der Waals surface area contributed by atoms with Crippen molar-refractivity contribution < 1.29 is 0 Å². The minimum Gasteiger partial charge on any atom is -0.277 e. The molecule has 0 saturated heterocycles. The van der Waals surface area contributed by atoms with Gasteiger partial charge in [-0.2, -0.15) is 0 Å². The van der Waals surface area contributed by atoms with Crippen molar-refractivity contribution in [3.05, 3.63) is 30.8 Å². The van der Waals surface area contributed by atoms with Gasteiger partial charge in [0.05, 0.1) is 0 Å². The van der Waals surface area contributed by atoms with E-state index >= 15 is 0 Å². The molecule has 78 valence electrons. The summed E-state index contributed by atoms with van der Waals surface area (Å²) in [6.45, 7) is 1.81. The van der Waals surface area contributed by atoms with Crippen LogP contribution in [-0.2, 0) is 0 Å². The van der Waals surface area contributed by atoms with Crippen molar-refractivity contribution in [3.63, 3.8) is 0 Å². The monoisotopic (exact) mass is 446 g/mol. The zero-order valence-corrected chi connectivity index (χ0v) is 12.6. The summed E-state index contributed by atoms with van der Waals surface area (Å²) < 4.78 is 3.84. The van der Waals surface area contributed by atoms with Gasteiger partial charge in [0.1, 0.15) is 30.5 Å². The average Bonchev–Trinajstić information content (AvgIpc) is 2.46. The van der Waals surface area contributed by atoms with Crippen LogP contribution in [0.1, 0.15) is 5.82 Å². The molecule has 0 atom stereocenters. The molecule has 0 N–H and O–H groups in total. The van der Waals surface area contributed by atoms with Crippen LogP contribution in [0.3, 0.4) is 0 Å². The van der Waals surface area contributed by atoms with Crippen LogP contribution in [0.25, 0.3) is 5.82 Å². The third-order valence-corrected chi connectivity index (χ3v) is 4.75. The van der Waals surface area contributed by atoms with E-state index in [4.69, 9.17) is 11.6 Å². The summed E-state index contributed by atoms with van der Waals surface area (Å²) >= 11 is 10.3. The Kier molecular flexibility index (Phi) is 3.45. The molecule has 0 aliphatic heterocycles. The van der Waals surface area contributed by atoms with E-state index in [1.54, 1.807) is 12.4 Å². The van der Waals surface area contributed by atoms with E-state index in [9.17, 15) is 0 Å². The smallest absolute Gasteiger partial charge is 0.143 e. The van der Waals surface area contributed by atoms with Gasteiger partial charge in [-0.1, -0.05) is 11.6 Å². The molecule has 2 aromatic heterocycles. The van der Waals surface area contributed by atoms with Crippen LogP contribution in [0.15, 0.2) is 12.4 Å². The number of imidazole rings is 1. The SMILES string of the molecule is Cc1nc(Cl)cc(-n2cnc(I)c2I)n1. The zero-order valence-electron chi connectivity index (χ0n) is 7.58. The number of aryl methyl sites for hydroxylation is 1. The standard InChI is InChI=1S/C8H5ClI2N4/c1-4-13-5(9)2-6(14-4)15-3-12-7(10)8(15)11/h2-3H,1H3. The van der Waals surface area contributed by atoms with E-state index in [-0.39, 0.29) is 0 Å². The maximum Gasteiger partial charge on any atom is 0.143 e. The van der Waals surface area contributed by atoms with Gasteiger partial charge >= 0.3 is 0 Å². The third kappa shape index (κ3) is 2.41. The second kappa shape index (κ2) is 4.50. The Labute approximate surface area is 119 Å². The molecule has 0 bridgehead atoms. The lowest BCUT2D eigenvalue weighted by Crippen LogP contribution is -2.01. The van der Waals surface area contributed by atoms with Crippen molar-refractivity contribution in [3.8, 4) is 5.82 Å². The number of halogens is 3. The van der Waals surface area contributed by atoms with Crippen molar-refractivity contribution in [1.82, 2.24) is 19.5 Å². The van der Waals surface area contributed by atoms with E-state index in [0.717, 1.165) is 13.2 Å². The minimum atomic E-state index is 0.442. The maximum atomic E-state index is 5.87. The topological polar surface area (TPSA) is 43.6 Å². The Morgan fingerprint density at radius 1 is 1.33 bits per heavy atom. The number of hydrogen-bond acceptors (Lipinski definition) is 3. The molecule has 0 unspecified atom stereocenters. The van der Waals surface area contributed by atoms with Crippen LogP contribution in [0.2, 0.25) is 5.15 Å². The fraction of sp³-hybridized carbons (Fsp3) is 0.125. The first-order chi connectivity index (χ1) is 7.08. The van der Waals surface area contributed by atoms with Crippen LogP contribution in [0.5, 0.6) is 0 Å². The normalized spacial score (nSPS) is 10.7. The highest BCUT2D eigenvalue weighted by Crippen LogP contribution is 2.18. The van der Waals surface area contributed by atoms with Crippen molar-refractivity contribution in [1.29, 1.82) is 0 Å². The number of nitrogens with zero attached hydrogens (tertiary/aromatic N) is 4. The summed E-state index contributed by atoms with van der Waals surface area (Å²) in [5.41, 5.74) is 0. The van der Waals surface area contributed by atoms with E-state index in [1.807, 2.05) is 11.5 Å². The lowest BCUT2D eigenvalue weighted by molar-refractivity contribution is 0.922. The van der Waals surface area contributed by atoms with Crippen molar-refractivity contribution in [2.75, 3.05) is 0 Å². The molecular formula is C8H5ClI2N4. The van der Waals surface area contributed by atoms with Gasteiger partial charge in [-0.05, 0) is 52.1 Å². The molecule has 7 heteroatoms. The summed E-state index contributed by atoms with van der Waals surface area (Å²) in [6, 6.07) is 1.72. The summed E-state index contributed by atoms with van der Waals surface area (Å²) in [6.07, 6.45) is 1.72. The molecule has 0 aliphatic carbocycles. The van der Waals surface area contributed by atoms with Crippen LogP contribution >= 0.6 is 56.8 Å². The van der Waals surface area contributed by atoms with Gasteiger partial charge in [0.2, 0.25) is 0 Å². The highest BCUT2D eigenvalue weighted by atomic mass is 127.